The van der Waals surface area contributed by atoms with Gasteiger partial charge in [0.1, 0.15) is 17.6 Å². The summed E-state index contributed by atoms with van der Waals surface area (Å²) in [6, 6.07) is 12.1. The highest BCUT2D eigenvalue weighted by Gasteiger charge is 2.30. The maximum Gasteiger partial charge on any atom is 0.341 e. The summed E-state index contributed by atoms with van der Waals surface area (Å²) in [6.07, 6.45) is 2.50. The Morgan fingerprint density at radius 1 is 1.30 bits per heavy atom. The van der Waals surface area contributed by atoms with Crippen LogP contribution in [-0.4, -0.2) is 50.2 Å². The molecule has 1 aromatic heterocycles. The lowest BCUT2D eigenvalue weighted by atomic mass is 10.1. The first-order chi connectivity index (χ1) is 14.5. The molecule has 3 atom stereocenters. The number of rotatable bonds is 9. The Kier molecular flexibility index (Phi) is 8.01. The number of thiophene rings is 1. The van der Waals surface area contributed by atoms with Crippen molar-refractivity contribution in [3.8, 4) is 10.4 Å². The van der Waals surface area contributed by atoms with Crippen molar-refractivity contribution >= 4 is 28.2 Å². The van der Waals surface area contributed by atoms with Crippen molar-refractivity contribution in [3.05, 3.63) is 42.0 Å². The predicted molar refractivity (Wildman–Crippen MR) is 120 cm³/mol. The summed E-state index contributed by atoms with van der Waals surface area (Å²) in [5, 5.41) is 5.66. The topological polar surface area (TPSA) is 76.4 Å². The van der Waals surface area contributed by atoms with Gasteiger partial charge in [0.2, 0.25) is 0 Å². The Balaban J connectivity index is 1.69. The normalized spacial score (nSPS) is 19.4. The number of quaternary nitrogens is 2. The quantitative estimate of drug-likeness (QED) is 0.527. The van der Waals surface area contributed by atoms with Crippen molar-refractivity contribution in [1.29, 1.82) is 0 Å². The smallest absolute Gasteiger partial charge is 0.341 e. The lowest BCUT2D eigenvalue weighted by molar-refractivity contribution is -0.925. The number of hydrogen-bond acceptors (Lipinski definition) is 4. The number of likely N-dealkylation sites (tertiary alicyclic amines) is 1. The number of nitrogens with two attached hydrogens (primary N) is 1. The van der Waals surface area contributed by atoms with E-state index in [4.69, 9.17) is 4.74 Å². The van der Waals surface area contributed by atoms with Crippen LogP contribution >= 0.6 is 11.3 Å². The second-order valence-electron chi connectivity index (χ2n) is 7.79. The molecule has 1 saturated heterocycles. The third-order valence-corrected chi connectivity index (χ3v) is 6.89. The van der Waals surface area contributed by atoms with Gasteiger partial charge in [0.15, 0.2) is 6.04 Å². The molecule has 0 saturated carbocycles. The summed E-state index contributed by atoms with van der Waals surface area (Å²) in [7, 11) is 0. The highest BCUT2D eigenvalue weighted by atomic mass is 32.1. The van der Waals surface area contributed by atoms with Crippen molar-refractivity contribution in [2.75, 3.05) is 31.6 Å². The highest BCUT2D eigenvalue weighted by molar-refractivity contribution is 7.20. The lowest BCUT2D eigenvalue weighted by Crippen LogP contribution is -3.16. The van der Waals surface area contributed by atoms with Crippen LogP contribution < -0.4 is 15.5 Å². The predicted octanol–water partition coefficient (Wildman–Crippen LogP) is 1.55. The Bertz CT molecular complexity index is 853. The van der Waals surface area contributed by atoms with Crippen molar-refractivity contribution in [1.82, 2.24) is 0 Å². The highest BCUT2D eigenvalue weighted by Crippen LogP contribution is 2.35. The zero-order chi connectivity index (χ0) is 21.5. The van der Waals surface area contributed by atoms with Gasteiger partial charge in [-0.3, -0.25) is 4.79 Å². The molecule has 0 radical (unpaired) electrons. The molecule has 1 aliphatic heterocycles. The van der Waals surface area contributed by atoms with E-state index in [1.54, 1.807) is 11.8 Å². The van der Waals surface area contributed by atoms with E-state index in [0.29, 0.717) is 23.2 Å². The third kappa shape index (κ3) is 5.47. The Morgan fingerprint density at radius 3 is 2.77 bits per heavy atom. The lowest BCUT2D eigenvalue weighted by Gasteiger charge is -2.20. The van der Waals surface area contributed by atoms with E-state index in [-0.39, 0.29) is 11.9 Å². The van der Waals surface area contributed by atoms with E-state index >= 15 is 0 Å². The molecule has 0 aliphatic carbocycles. The molecule has 1 aromatic carbocycles. The summed E-state index contributed by atoms with van der Waals surface area (Å²) in [6.45, 7) is 9.54. The van der Waals surface area contributed by atoms with Gasteiger partial charge in [-0.1, -0.05) is 30.3 Å². The van der Waals surface area contributed by atoms with Crippen LogP contribution in [0, 0.1) is 0 Å². The number of anilines is 1. The fraction of sp³-hybridized carbons (Fsp3) is 0.478. The van der Waals surface area contributed by atoms with Crippen LogP contribution in [0.5, 0.6) is 0 Å². The zero-order valence-electron chi connectivity index (χ0n) is 18.1. The SMILES string of the molecule is CCOC(=O)c1cc(-c2ccccc2)sc1NC(=O)[C@H](C)[NH2+]C[C@@H]1CCC[NH+]1CC. The Hall–Kier alpha value is -2.22. The van der Waals surface area contributed by atoms with Crippen molar-refractivity contribution in [2.45, 2.75) is 45.7 Å². The number of hydrogen-bond donors (Lipinski definition) is 3. The molecule has 6 nitrogen and oxygen atoms in total. The number of benzene rings is 1. The number of ether oxygens (including phenoxy) is 1. The summed E-state index contributed by atoms with van der Waals surface area (Å²) in [5.74, 6) is -0.492. The van der Waals surface area contributed by atoms with Gasteiger partial charge in [-0.15, -0.1) is 11.3 Å². The zero-order valence-corrected chi connectivity index (χ0v) is 18.9. The fourth-order valence-electron chi connectivity index (χ4n) is 4.02. The van der Waals surface area contributed by atoms with E-state index in [2.05, 4.69) is 17.6 Å². The van der Waals surface area contributed by atoms with E-state index in [1.165, 1.54) is 30.7 Å². The van der Waals surface area contributed by atoms with Gasteiger partial charge in [-0.25, -0.2) is 4.79 Å². The molecule has 0 spiro atoms. The molecule has 3 rings (SSSR count). The van der Waals surface area contributed by atoms with Crippen molar-refractivity contribution < 1.29 is 24.5 Å². The minimum absolute atomic E-state index is 0.0851. The van der Waals surface area contributed by atoms with Crippen LogP contribution in [-0.2, 0) is 9.53 Å². The molecular formula is C23H33N3O3S+2. The standard InChI is InChI=1S/C23H31N3O3S/c1-4-26-13-9-12-18(26)15-24-16(3)21(27)25-22-19(23(28)29-5-2)14-20(30-22)17-10-7-6-8-11-17/h6-8,10-11,14,16,18,24H,4-5,9,12-13,15H2,1-3H3,(H,25,27)/p+2/t16-,18-/m0/s1. The summed E-state index contributed by atoms with van der Waals surface area (Å²) >= 11 is 1.41. The molecule has 30 heavy (non-hydrogen) atoms. The second kappa shape index (κ2) is 10.7. The molecule has 1 fully saturated rings. The first kappa shape index (κ1) is 22.5. The molecular weight excluding hydrogens is 398 g/mol. The van der Waals surface area contributed by atoms with E-state index in [0.717, 1.165) is 23.5 Å². The average molecular weight is 432 g/mol. The fourth-order valence-corrected chi connectivity index (χ4v) is 5.08. The molecule has 1 aliphatic rings. The monoisotopic (exact) mass is 431 g/mol. The molecule has 4 N–H and O–H groups in total. The number of amides is 1. The van der Waals surface area contributed by atoms with Gasteiger partial charge < -0.3 is 20.3 Å². The van der Waals surface area contributed by atoms with E-state index in [1.807, 2.05) is 43.3 Å². The van der Waals surface area contributed by atoms with Crippen LogP contribution in [0.1, 0.15) is 44.0 Å². The molecule has 0 bridgehead atoms. The van der Waals surface area contributed by atoms with E-state index < -0.39 is 5.97 Å². The second-order valence-corrected chi connectivity index (χ2v) is 8.84. The van der Waals surface area contributed by atoms with Crippen LogP contribution in [0.25, 0.3) is 10.4 Å². The first-order valence-electron chi connectivity index (χ1n) is 10.9. The maximum absolute atomic E-state index is 12.9. The molecule has 7 heteroatoms. The van der Waals surface area contributed by atoms with Gasteiger partial charge >= 0.3 is 5.97 Å². The third-order valence-electron chi connectivity index (χ3n) is 5.79. The number of likely N-dealkylation sites (N-methyl/N-ethyl adjacent to an activating group) is 1. The minimum atomic E-state index is -0.406. The van der Waals surface area contributed by atoms with Crippen LogP contribution in [0.2, 0.25) is 0 Å². The van der Waals surface area contributed by atoms with Gasteiger partial charge in [0.25, 0.3) is 5.91 Å². The summed E-state index contributed by atoms with van der Waals surface area (Å²) in [4.78, 5) is 27.9. The Morgan fingerprint density at radius 2 is 2.07 bits per heavy atom. The van der Waals surface area contributed by atoms with Crippen LogP contribution in [0.15, 0.2) is 36.4 Å². The largest absolute Gasteiger partial charge is 0.462 e. The van der Waals surface area contributed by atoms with Crippen LogP contribution in [0.3, 0.4) is 0 Å². The van der Waals surface area contributed by atoms with Gasteiger partial charge in [0, 0.05) is 17.7 Å². The molecule has 162 valence electrons. The van der Waals surface area contributed by atoms with Crippen LogP contribution in [0.4, 0.5) is 5.00 Å². The van der Waals surface area contributed by atoms with E-state index in [9.17, 15) is 9.59 Å². The summed E-state index contributed by atoms with van der Waals surface area (Å²) < 4.78 is 5.20. The average Bonchev–Trinajstić information content (AvgIpc) is 3.39. The number of esters is 1. The number of carbonyl (C=O) groups is 2. The minimum Gasteiger partial charge on any atom is -0.462 e. The van der Waals surface area contributed by atoms with Gasteiger partial charge in [-0.2, -0.15) is 0 Å². The summed E-state index contributed by atoms with van der Waals surface area (Å²) in [5.41, 5.74) is 1.43. The Labute approximate surface area is 182 Å². The van der Waals surface area contributed by atoms with Crippen molar-refractivity contribution in [2.24, 2.45) is 0 Å². The molecule has 1 unspecified atom stereocenters. The maximum atomic E-state index is 12.9. The number of carbonyl (C=O) groups excluding carboxylic acids is 2. The van der Waals surface area contributed by atoms with Crippen molar-refractivity contribution in [3.63, 3.8) is 0 Å². The van der Waals surface area contributed by atoms with Gasteiger partial charge in [0.05, 0.1) is 25.3 Å². The first-order valence-corrected chi connectivity index (χ1v) is 11.7. The molecule has 2 aromatic rings. The van der Waals surface area contributed by atoms with Gasteiger partial charge in [-0.05, 0) is 32.4 Å². The molecule has 2 heterocycles. The molecule has 1 amide bonds. The number of nitrogens with one attached hydrogen (secondary N) is 2.